The van der Waals surface area contributed by atoms with E-state index in [4.69, 9.17) is 0 Å². The molecular weight excluding hydrogens is 358 g/mol. The molecule has 3 rings (SSSR count). The van der Waals surface area contributed by atoms with E-state index < -0.39 is 11.2 Å². The molecule has 0 aliphatic heterocycles. The van der Waals surface area contributed by atoms with Crippen LogP contribution in [0.25, 0.3) is 11.2 Å². The van der Waals surface area contributed by atoms with E-state index >= 15 is 0 Å². The molecule has 0 N–H and O–H groups in total. The highest BCUT2D eigenvalue weighted by Crippen LogP contribution is 2.24. The van der Waals surface area contributed by atoms with Gasteiger partial charge in [0.15, 0.2) is 11.2 Å². The number of amides is 1. The summed E-state index contributed by atoms with van der Waals surface area (Å²) in [6, 6.07) is 5.75. The van der Waals surface area contributed by atoms with Crippen LogP contribution in [0.15, 0.2) is 34.1 Å². The molecule has 8 heteroatoms. The molecule has 0 saturated carbocycles. The largest absolute Gasteiger partial charge is 0.332 e. The number of fused-ring (bicyclic) bond motifs is 1. The third kappa shape index (κ3) is 3.15. The fourth-order valence-electron chi connectivity index (χ4n) is 3.43. The number of hydrogen-bond donors (Lipinski definition) is 0. The maximum absolute atomic E-state index is 13.2. The first-order valence-corrected chi connectivity index (χ1v) is 9.13. The molecule has 0 aliphatic rings. The van der Waals surface area contributed by atoms with Crippen molar-refractivity contribution >= 4 is 22.8 Å². The zero-order valence-corrected chi connectivity index (χ0v) is 17.1. The minimum absolute atomic E-state index is 0.131. The van der Waals surface area contributed by atoms with E-state index in [1.807, 2.05) is 45.9 Å². The smallest absolute Gasteiger partial charge is 0.328 e. The first kappa shape index (κ1) is 19.6. The number of hydrogen-bond acceptors (Lipinski definition) is 4. The monoisotopic (exact) mass is 383 g/mol. The van der Waals surface area contributed by atoms with E-state index in [-0.39, 0.29) is 24.0 Å². The number of carbonyl (C=O) groups is 1. The molecule has 3 aromatic rings. The number of carbonyl (C=O) groups excluding carboxylic acids is 1. The summed E-state index contributed by atoms with van der Waals surface area (Å²) < 4.78 is 3.83. The zero-order chi connectivity index (χ0) is 20.7. The quantitative estimate of drug-likeness (QED) is 0.684. The summed E-state index contributed by atoms with van der Waals surface area (Å²) in [6.45, 7) is 7.38. The predicted molar refractivity (Wildman–Crippen MR) is 109 cm³/mol. The van der Waals surface area contributed by atoms with Crippen molar-refractivity contribution in [3.63, 3.8) is 0 Å². The molecule has 1 amide bonds. The molecule has 8 nitrogen and oxygen atoms in total. The average molecular weight is 383 g/mol. The number of imidazole rings is 1. The lowest BCUT2D eigenvalue weighted by Gasteiger charge is -2.29. The summed E-state index contributed by atoms with van der Waals surface area (Å²) in [5.74, 6) is -0.315. The van der Waals surface area contributed by atoms with Crippen LogP contribution >= 0.6 is 0 Å². The van der Waals surface area contributed by atoms with Crippen LogP contribution < -0.4 is 16.1 Å². The van der Waals surface area contributed by atoms with Gasteiger partial charge in [0.25, 0.3) is 5.56 Å². The molecule has 2 heterocycles. The van der Waals surface area contributed by atoms with Gasteiger partial charge >= 0.3 is 5.69 Å². The lowest BCUT2D eigenvalue weighted by molar-refractivity contribution is -0.119. The Bertz CT molecular complexity index is 1180. The summed E-state index contributed by atoms with van der Waals surface area (Å²) >= 11 is 0. The molecular formula is C20H25N5O3. The van der Waals surface area contributed by atoms with Crippen molar-refractivity contribution < 1.29 is 4.79 Å². The standard InChI is InChI=1S/C20H25N5O3/c1-12(2)25(15-9-13(3)7-8-14(15)4)16(26)10-24-19(27)17-18(21-11-22(17)5)23(6)20(24)28/h7-9,11-12H,10H2,1-6H3. The molecule has 0 spiro atoms. The molecule has 148 valence electrons. The van der Waals surface area contributed by atoms with Crippen LogP contribution in [-0.4, -0.2) is 30.6 Å². The summed E-state index contributed by atoms with van der Waals surface area (Å²) in [6.07, 6.45) is 1.48. The molecule has 2 aromatic heterocycles. The summed E-state index contributed by atoms with van der Waals surface area (Å²) in [7, 11) is 3.23. The molecule has 0 bridgehead atoms. The molecule has 0 unspecified atom stereocenters. The first-order valence-electron chi connectivity index (χ1n) is 9.13. The average Bonchev–Trinajstić information content (AvgIpc) is 3.01. The van der Waals surface area contributed by atoms with Crippen LogP contribution in [0.5, 0.6) is 0 Å². The van der Waals surface area contributed by atoms with Gasteiger partial charge in [0, 0.05) is 25.8 Å². The van der Waals surface area contributed by atoms with Gasteiger partial charge in [-0.2, -0.15) is 0 Å². The molecule has 1 aromatic carbocycles. The number of aryl methyl sites for hydroxylation is 4. The van der Waals surface area contributed by atoms with Gasteiger partial charge in [-0.25, -0.2) is 14.3 Å². The number of nitrogens with zero attached hydrogens (tertiary/aromatic N) is 5. The van der Waals surface area contributed by atoms with Gasteiger partial charge in [-0.15, -0.1) is 0 Å². The Labute approximate surface area is 162 Å². The van der Waals surface area contributed by atoms with E-state index in [0.717, 1.165) is 21.4 Å². The van der Waals surface area contributed by atoms with E-state index in [2.05, 4.69) is 4.98 Å². The highest BCUT2D eigenvalue weighted by atomic mass is 16.2. The minimum atomic E-state index is -0.561. The molecule has 0 fully saturated rings. The maximum Gasteiger partial charge on any atom is 0.332 e. The Kier molecular flexibility index (Phi) is 4.97. The van der Waals surface area contributed by atoms with Crippen molar-refractivity contribution in [2.45, 2.75) is 40.3 Å². The Morgan fingerprint density at radius 2 is 1.86 bits per heavy atom. The van der Waals surface area contributed by atoms with E-state index in [0.29, 0.717) is 5.65 Å². The van der Waals surface area contributed by atoms with E-state index in [1.165, 1.54) is 10.9 Å². The van der Waals surface area contributed by atoms with Gasteiger partial charge in [0.1, 0.15) is 6.54 Å². The summed E-state index contributed by atoms with van der Waals surface area (Å²) in [5.41, 5.74) is 2.28. The number of benzene rings is 1. The van der Waals surface area contributed by atoms with Crippen molar-refractivity contribution in [2.24, 2.45) is 14.1 Å². The normalized spacial score (nSPS) is 11.4. The van der Waals surface area contributed by atoms with E-state index in [1.54, 1.807) is 23.6 Å². The van der Waals surface area contributed by atoms with Gasteiger partial charge in [-0.1, -0.05) is 12.1 Å². The van der Waals surface area contributed by atoms with Crippen molar-refractivity contribution in [1.82, 2.24) is 18.7 Å². The van der Waals surface area contributed by atoms with Crippen molar-refractivity contribution in [3.8, 4) is 0 Å². The Morgan fingerprint density at radius 3 is 2.50 bits per heavy atom. The van der Waals surface area contributed by atoms with Gasteiger partial charge in [-0.3, -0.25) is 14.2 Å². The predicted octanol–water partition coefficient (Wildman–Crippen LogP) is 1.49. The third-order valence-corrected chi connectivity index (χ3v) is 4.90. The third-order valence-electron chi connectivity index (χ3n) is 4.90. The molecule has 28 heavy (non-hydrogen) atoms. The summed E-state index contributed by atoms with van der Waals surface area (Å²) in [4.78, 5) is 44.5. The van der Waals surface area contributed by atoms with Gasteiger partial charge < -0.3 is 9.47 Å². The van der Waals surface area contributed by atoms with Crippen LogP contribution in [0.3, 0.4) is 0 Å². The lowest BCUT2D eigenvalue weighted by atomic mass is 10.1. The van der Waals surface area contributed by atoms with Gasteiger partial charge in [-0.05, 0) is 44.9 Å². The van der Waals surface area contributed by atoms with Crippen molar-refractivity contribution in [2.75, 3.05) is 4.90 Å². The minimum Gasteiger partial charge on any atom is -0.328 e. The first-order chi connectivity index (χ1) is 13.1. The van der Waals surface area contributed by atoms with Crippen molar-refractivity contribution in [1.29, 1.82) is 0 Å². The molecule has 0 aliphatic carbocycles. The Hall–Kier alpha value is -3.16. The number of rotatable bonds is 4. The topological polar surface area (TPSA) is 82.1 Å². The number of anilines is 1. The van der Waals surface area contributed by atoms with Crippen LogP contribution in [0.4, 0.5) is 5.69 Å². The van der Waals surface area contributed by atoms with Gasteiger partial charge in [0.2, 0.25) is 5.91 Å². The van der Waals surface area contributed by atoms with Crippen LogP contribution in [0.2, 0.25) is 0 Å². The number of aromatic nitrogens is 4. The highest BCUT2D eigenvalue weighted by Gasteiger charge is 2.24. The van der Waals surface area contributed by atoms with E-state index in [9.17, 15) is 14.4 Å². The van der Waals surface area contributed by atoms with Crippen molar-refractivity contribution in [3.05, 3.63) is 56.5 Å². The Balaban J connectivity index is 2.11. The van der Waals surface area contributed by atoms with Gasteiger partial charge in [0.05, 0.1) is 6.33 Å². The second-order valence-electron chi connectivity index (χ2n) is 7.41. The van der Waals surface area contributed by atoms with Crippen LogP contribution in [-0.2, 0) is 25.4 Å². The highest BCUT2D eigenvalue weighted by molar-refractivity contribution is 5.94. The molecule has 0 atom stereocenters. The zero-order valence-electron chi connectivity index (χ0n) is 17.1. The summed E-state index contributed by atoms with van der Waals surface area (Å²) in [5, 5.41) is 0. The second kappa shape index (κ2) is 7.10. The maximum atomic E-state index is 13.2. The lowest BCUT2D eigenvalue weighted by Crippen LogP contribution is -2.46. The fourth-order valence-corrected chi connectivity index (χ4v) is 3.43. The van der Waals surface area contributed by atoms with Crippen LogP contribution in [0, 0.1) is 13.8 Å². The Morgan fingerprint density at radius 1 is 1.18 bits per heavy atom. The van der Waals surface area contributed by atoms with Crippen LogP contribution in [0.1, 0.15) is 25.0 Å². The fraction of sp³-hybridized carbons (Fsp3) is 0.400. The molecule has 0 saturated heterocycles. The molecule has 0 radical (unpaired) electrons. The second-order valence-corrected chi connectivity index (χ2v) is 7.41. The SMILES string of the molecule is Cc1ccc(C)c(N(C(=O)Cn2c(=O)c3c(ncn3C)n(C)c2=O)C(C)C)c1.